The molecule has 2 aromatic rings. The van der Waals surface area contributed by atoms with Gasteiger partial charge in [0.05, 0.1) is 17.2 Å². The number of hydrogen-bond acceptors (Lipinski definition) is 4. The second kappa shape index (κ2) is 7.31. The molecule has 1 aliphatic carbocycles. The molecule has 3 rings (SSSR count). The maximum absolute atomic E-state index is 14.7. The van der Waals surface area contributed by atoms with Crippen LogP contribution in [0.2, 0.25) is 0 Å². The third kappa shape index (κ3) is 4.38. The van der Waals surface area contributed by atoms with Crippen molar-refractivity contribution in [3.8, 4) is 0 Å². The van der Waals surface area contributed by atoms with Crippen molar-refractivity contribution in [2.24, 2.45) is 5.92 Å². The van der Waals surface area contributed by atoms with Crippen LogP contribution in [-0.4, -0.2) is 32.2 Å². The molecule has 0 bridgehead atoms. The van der Waals surface area contributed by atoms with Gasteiger partial charge in [-0.1, -0.05) is 19.1 Å². The largest absolute Gasteiger partial charge is 0.365 e. The summed E-state index contributed by atoms with van der Waals surface area (Å²) in [5.41, 5.74) is 0.222. The van der Waals surface area contributed by atoms with Crippen molar-refractivity contribution in [2.75, 3.05) is 23.7 Å². The Bertz CT molecular complexity index is 853. The molecule has 0 spiro atoms. The van der Waals surface area contributed by atoms with Crippen LogP contribution in [0.15, 0.2) is 53.6 Å². The summed E-state index contributed by atoms with van der Waals surface area (Å²) in [4.78, 5) is 5.54. The average molecular weight is 380 g/mol. The summed E-state index contributed by atoms with van der Waals surface area (Å²) in [7, 11) is -3.39. The summed E-state index contributed by atoms with van der Waals surface area (Å²) >= 11 is 0. The van der Waals surface area contributed by atoms with Crippen molar-refractivity contribution in [2.45, 2.75) is 30.6 Å². The van der Waals surface area contributed by atoms with Crippen LogP contribution in [0.1, 0.15) is 25.5 Å². The third-order valence-electron chi connectivity index (χ3n) is 4.53. The Labute approximate surface area is 152 Å². The number of alkyl halides is 2. The van der Waals surface area contributed by atoms with Gasteiger partial charge in [0.25, 0.3) is 0 Å². The number of halogens is 2. The number of aromatic nitrogens is 1. The van der Waals surface area contributed by atoms with Crippen molar-refractivity contribution < 1.29 is 17.2 Å². The third-order valence-corrected chi connectivity index (χ3v) is 6.26. The van der Waals surface area contributed by atoms with E-state index in [0.29, 0.717) is 18.2 Å². The highest BCUT2D eigenvalue weighted by Crippen LogP contribution is 2.35. The maximum Gasteiger partial charge on any atom is 0.306 e. The molecule has 1 aromatic heterocycles. The molecule has 1 saturated carbocycles. The quantitative estimate of drug-likeness (QED) is 0.697. The second-order valence-electron chi connectivity index (χ2n) is 6.64. The molecule has 26 heavy (non-hydrogen) atoms. The first-order valence-corrected chi connectivity index (χ1v) is 10.3. The Balaban J connectivity index is 1.90. The topological polar surface area (TPSA) is 50.3 Å². The highest BCUT2D eigenvalue weighted by Gasteiger charge is 2.37. The number of nitrogens with zero attached hydrogens (tertiary/aromatic N) is 2. The van der Waals surface area contributed by atoms with Gasteiger partial charge in [0, 0.05) is 18.4 Å². The Kier molecular flexibility index (Phi) is 5.27. The standard InChI is InChI=1S/C19H22F2N2O2S/c1-2-26(24,25)17-7-5-6-16(12-17)23(13-15-9-10-15)14-19(20,21)18-8-3-4-11-22-18/h3-8,11-12,15H,2,9-10,13-14H2,1H3. The predicted molar refractivity (Wildman–Crippen MR) is 97.2 cm³/mol. The lowest BCUT2D eigenvalue weighted by Crippen LogP contribution is -2.37. The zero-order chi connectivity index (χ0) is 18.8. The van der Waals surface area contributed by atoms with Gasteiger partial charge in [0.15, 0.2) is 9.84 Å². The van der Waals surface area contributed by atoms with E-state index in [4.69, 9.17) is 0 Å². The summed E-state index contributed by atoms with van der Waals surface area (Å²) < 4.78 is 53.8. The number of benzene rings is 1. The van der Waals surface area contributed by atoms with Crippen molar-refractivity contribution >= 4 is 15.5 Å². The van der Waals surface area contributed by atoms with Gasteiger partial charge in [-0.3, -0.25) is 4.98 Å². The summed E-state index contributed by atoms with van der Waals surface area (Å²) in [6.07, 6.45) is 3.38. The minimum absolute atomic E-state index is 0.0246. The molecule has 1 heterocycles. The highest BCUT2D eigenvalue weighted by molar-refractivity contribution is 7.91. The van der Waals surface area contributed by atoms with Gasteiger partial charge >= 0.3 is 5.92 Å². The lowest BCUT2D eigenvalue weighted by molar-refractivity contribution is -0.000777. The highest BCUT2D eigenvalue weighted by atomic mass is 32.2. The van der Waals surface area contributed by atoms with Crippen molar-refractivity contribution in [3.63, 3.8) is 0 Å². The zero-order valence-electron chi connectivity index (χ0n) is 14.6. The molecule has 7 heteroatoms. The van der Waals surface area contributed by atoms with E-state index in [1.54, 1.807) is 30.0 Å². The van der Waals surface area contributed by atoms with Crippen LogP contribution in [0.3, 0.4) is 0 Å². The van der Waals surface area contributed by atoms with E-state index in [-0.39, 0.29) is 16.3 Å². The SMILES string of the molecule is CCS(=O)(=O)c1cccc(N(CC2CC2)CC(F)(F)c2ccccn2)c1. The zero-order valence-corrected chi connectivity index (χ0v) is 15.4. The molecule has 1 aliphatic rings. The van der Waals surface area contributed by atoms with Crippen LogP contribution in [-0.2, 0) is 15.8 Å². The molecule has 0 N–H and O–H groups in total. The number of rotatable bonds is 8. The van der Waals surface area contributed by atoms with Crippen molar-refractivity contribution in [1.82, 2.24) is 4.98 Å². The summed E-state index contributed by atoms with van der Waals surface area (Å²) in [6.45, 7) is 1.52. The summed E-state index contributed by atoms with van der Waals surface area (Å²) in [6, 6.07) is 10.7. The molecule has 0 aliphatic heterocycles. The second-order valence-corrected chi connectivity index (χ2v) is 8.92. The maximum atomic E-state index is 14.7. The van der Waals surface area contributed by atoms with Crippen LogP contribution < -0.4 is 4.90 Å². The van der Waals surface area contributed by atoms with Gasteiger partial charge in [0.2, 0.25) is 0 Å². The van der Waals surface area contributed by atoms with E-state index in [1.807, 2.05) is 0 Å². The Morgan fingerprint density at radius 2 is 1.96 bits per heavy atom. The van der Waals surface area contributed by atoms with Gasteiger partial charge in [-0.2, -0.15) is 8.78 Å². The minimum atomic E-state index is -3.39. The fraction of sp³-hybridized carbons (Fsp3) is 0.421. The van der Waals surface area contributed by atoms with Crippen LogP contribution in [0, 0.1) is 5.92 Å². The first kappa shape index (κ1) is 18.8. The molecule has 0 saturated heterocycles. The van der Waals surface area contributed by atoms with E-state index < -0.39 is 22.3 Å². The lowest BCUT2D eigenvalue weighted by Gasteiger charge is -2.29. The molecular weight excluding hydrogens is 358 g/mol. The fourth-order valence-electron chi connectivity index (χ4n) is 2.81. The average Bonchev–Trinajstić information content (AvgIpc) is 3.46. The van der Waals surface area contributed by atoms with Crippen LogP contribution >= 0.6 is 0 Å². The Morgan fingerprint density at radius 1 is 1.19 bits per heavy atom. The molecule has 0 atom stereocenters. The van der Waals surface area contributed by atoms with E-state index in [2.05, 4.69) is 4.98 Å². The van der Waals surface area contributed by atoms with Crippen molar-refractivity contribution in [1.29, 1.82) is 0 Å². The summed E-state index contributed by atoms with van der Waals surface area (Å²) in [5.74, 6) is -2.78. The molecular formula is C19H22F2N2O2S. The number of sulfone groups is 1. The van der Waals surface area contributed by atoms with Gasteiger partial charge in [-0.15, -0.1) is 0 Å². The molecule has 0 unspecified atom stereocenters. The molecule has 0 amide bonds. The number of hydrogen-bond donors (Lipinski definition) is 0. The van der Waals surface area contributed by atoms with E-state index in [1.165, 1.54) is 30.5 Å². The van der Waals surface area contributed by atoms with Crippen LogP contribution in [0.4, 0.5) is 14.5 Å². The first-order valence-electron chi connectivity index (χ1n) is 8.69. The van der Waals surface area contributed by atoms with Gasteiger partial charge in [-0.05, 0) is 49.1 Å². The monoisotopic (exact) mass is 380 g/mol. The van der Waals surface area contributed by atoms with Gasteiger partial charge < -0.3 is 4.90 Å². The fourth-order valence-corrected chi connectivity index (χ4v) is 3.73. The first-order chi connectivity index (χ1) is 12.3. The van der Waals surface area contributed by atoms with E-state index >= 15 is 0 Å². The van der Waals surface area contributed by atoms with Gasteiger partial charge in [-0.25, -0.2) is 8.42 Å². The van der Waals surface area contributed by atoms with E-state index in [0.717, 1.165) is 12.8 Å². The van der Waals surface area contributed by atoms with Gasteiger partial charge in [0.1, 0.15) is 5.69 Å². The molecule has 4 nitrogen and oxygen atoms in total. The summed E-state index contributed by atoms with van der Waals surface area (Å²) in [5, 5.41) is 0. The molecule has 1 aromatic carbocycles. The number of pyridine rings is 1. The minimum Gasteiger partial charge on any atom is -0.365 e. The Hall–Kier alpha value is -2.02. The Morgan fingerprint density at radius 3 is 2.58 bits per heavy atom. The van der Waals surface area contributed by atoms with Crippen molar-refractivity contribution in [3.05, 3.63) is 54.4 Å². The van der Waals surface area contributed by atoms with Crippen LogP contribution in [0.25, 0.3) is 0 Å². The molecule has 1 fully saturated rings. The number of anilines is 1. The van der Waals surface area contributed by atoms with Crippen LogP contribution in [0.5, 0.6) is 0 Å². The smallest absolute Gasteiger partial charge is 0.306 e. The lowest BCUT2D eigenvalue weighted by atomic mass is 10.1. The molecule has 140 valence electrons. The molecule has 0 radical (unpaired) electrons. The predicted octanol–water partition coefficient (Wildman–Crippen LogP) is 3.88. The van der Waals surface area contributed by atoms with E-state index in [9.17, 15) is 17.2 Å². The normalized spacial score (nSPS) is 15.0.